The quantitative estimate of drug-likeness (QED) is 0.511. The van der Waals surface area contributed by atoms with Gasteiger partial charge in [-0.15, -0.1) is 12.6 Å². The van der Waals surface area contributed by atoms with Crippen molar-refractivity contribution in [1.29, 1.82) is 5.26 Å². The van der Waals surface area contributed by atoms with Crippen LogP contribution in [0.15, 0.2) is 80.2 Å². The van der Waals surface area contributed by atoms with Crippen LogP contribution >= 0.6 is 28.6 Å². The molecule has 6 nitrogen and oxygen atoms in total. The number of nitrogens with zero attached hydrogens (tertiary/aromatic N) is 2. The molecular formula is C22H16BrN3O3S. The monoisotopic (exact) mass is 481 g/mol. The van der Waals surface area contributed by atoms with E-state index in [1.165, 1.54) is 0 Å². The van der Waals surface area contributed by atoms with E-state index in [-0.39, 0.29) is 10.6 Å². The summed E-state index contributed by atoms with van der Waals surface area (Å²) in [6.45, 7) is 0. The van der Waals surface area contributed by atoms with E-state index in [2.05, 4.69) is 33.9 Å². The lowest BCUT2D eigenvalue weighted by Crippen LogP contribution is -2.45. The van der Waals surface area contributed by atoms with Gasteiger partial charge in [-0.25, -0.2) is 0 Å². The van der Waals surface area contributed by atoms with Crippen molar-refractivity contribution in [3.63, 3.8) is 0 Å². The molecule has 2 aromatic carbocycles. The van der Waals surface area contributed by atoms with Gasteiger partial charge in [0.15, 0.2) is 6.17 Å². The summed E-state index contributed by atoms with van der Waals surface area (Å²) in [7, 11) is 1.59. The zero-order valence-corrected chi connectivity index (χ0v) is 18.3. The number of rotatable bonds is 4. The van der Waals surface area contributed by atoms with Gasteiger partial charge in [0, 0.05) is 15.7 Å². The second-order valence-electron chi connectivity index (χ2n) is 6.46. The van der Waals surface area contributed by atoms with Gasteiger partial charge in [-0.2, -0.15) is 5.26 Å². The van der Waals surface area contributed by atoms with Crippen LogP contribution in [0.1, 0.15) is 11.9 Å². The van der Waals surface area contributed by atoms with E-state index in [1.54, 1.807) is 30.2 Å². The highest BCUT2D eigenvalue weighted by Crippen LogP contribution is 2.38. The zero-order valence-electron chi connectivity index (χ0n) is 15.8. The van der Waals surface area contributed by atoms with E-state index in [0.29, 0.717) is 17.3 Å². The summed E-state index contributed by atoms with van der Waals surface area (Å²) in [6.07, 6.45) is -0.667. The molecule has 0 spiro atoms. The van der Waals surface area contributed by atoms with Crippen molar-refractivity contribution >= 4 is 40.2 Å². The van der Waals surface area contributed by atoms with Crippen LogP contribution in [0, 0.1) is 11.3 Å². The predicted molar refractivity (Wildman–Crippen MR) is 120 cm³/mol. The SMILES string of the molecule is COc1ccc(N2C(S)=C(C#N)C(=O)N[C@H]2c2ccc(-c3ccc(Br)cc3)o2)cc1. The second-order valence-corrected chi connectivity index (χ2v) is 7.80. The topological polar surface area (TPSA) is 78.5 Å². The molecular weight excluding hydrogens is 466 g/mol. The van der Waals surface area contributed by atoms with Crippen molar-refractivity contribution in [3.05, 3.63) is 81.5 Å². The highest BCUT2D eigenvalue weighted by molar-refractivity contribution is 9.10. The highest BCUT2D eigenvalue weighted by Gasteiger charge is 2.35. The standard InChI is InChI=1S/C22H16BrN3O3S/c1-28-16-8-6-15(7-9-16)26-20(25-21(27)17(12-24)22(26)30)19-11-10-18(29-19)13-2-4-14(23)5-3-13/h2-11,20,30H,1H3,(H,25,27)/t20-/m1/s1. The van der Waals surface area contributed by atoms with Crippen LogP contribution in [-0.2, 0) is 4.79 Å². The Bertz CT molecular complexity index is 1160. The Morgan fingerprint density at radius 1 is 1.13 bits per heavy atom. The molecule has 0 fully saturated rings. The van der Waals surface area contributed by atoms with E-state index >= 15 is 0 Å². The van der Waals surface area contributed by atoms with Crippen LogP contribution in [-0.4, -0.2) is 13.0 Å². The Kier molecular flexibility index (Phi) is 5.57. The molecule has 4 rings (SSSR count). The van der Waals surface area contributed by atoms with E-state index in [1.807, 2.05) is 48.5 Å². The van der Waals surface area contributed by atoms with Crippen LogP contribution in [0.25, 0.3) is 11.3 Å². The number of carbonyl (C=O) groups excluding carboxylic acids is 1. The number of amides is 1. The average molecular weight is 482 g/mol. The Hall–Kier alpha value is -3.15. The molecule has 30 heavy (non-hydrogen) atoms. The number of carbonyl (C=O) groups is 1. The van der Waals surface area contributed by atoms with Crippen LogP contribution in [0.4, 0.5) is 5.69 Å². The minimum Gasteiger partial charge on any atom is -0.497 e. The molecule has 8 heteroatoms. The molecule has 1 aliphatic rings. The van der Waals surface area contributed by atoms with Gasteiger partial charge in [0.1, 0.15) is 28.9 Å². The molecule has 0 radical (unpaired) electrons. The fraction of sp³-hybridized carbons (Fsp3) is 0.0909. The minimum absolute atomic E-state index is 0.0647. The molecule has 1 N–H and O–H groups in total. The number of thiol groups is 1. The lowest BCUT2D eigenvalue weighted by atomic mass is 10.1. The van der Waals surface area contributed by atoms with Crippen LogP contribution in [0.3, 0.4) is 0 Å². The Morgan fingerprint density at radius 2 is 1.83 bits per heavy atom. The lowest BCUT2D eigenvalue weighted by Gasteiger charge is -2.36. The van der Waals surface area contributed by atoms with Gasteiger partial charge in [-0.1, -0.05) is 28.1 Å². The van der Waals surface area contributed by atoms with Crippen molar-refractivity contribution in [2.75, 3.05) is 12.0 Å². The normalized spacial score (nSPS) is 16.3. The number of halogens is 1. The number of nitriles is 1. The fourth-order valence-electron chi connectivity index (χ4n) is 3.19. The first-order valence-corrected chi connectivity index (χ1v) is 10.2. The molecule has 1 aromatic heterocycles. The van der Waals surface area contributed by atoms with E-state index in [9.17, 15) is 10.1 Å². The number of furan rings is 1. The summed E-state index contributed by atoms with van der Waals surface area (Å²) in [5.41, 5.74) is 1.56. The number of anilines is 1. The van der Waals surface area contributed by atoms with Crippen molar-refractivity contribution < 1.29 is 13.9 Å². The second kappa shape index (κ2) is 8.30. The Morgan fingerprint density at radius 3 is 2.47 bits per heavy atom. The third-order valence-corrected chi connectivity index (χ3v) is 5.66. The average Bonchev–Trinajstić information content (AvgIpc) is 3.24. The first kappa shape index (κ1) is 20.1. The number of hydrogen-bond acceptors (Lipinski definition) is 6. The maximum Gasteiger partial charge on any atom is 0.266 e. The number of hydrogen-bond donors (Lipinski definition) is 2. The van der Waals surface area contributed by atoms with Gasteiger partial charge in [0.05, 0.1) is 12.1 Å². The van der Waals surface area contributed by atoms with Crippen LogP contribution in [0.5, 0.6) is 5.75 Å². The molecule has 1 aliphatic heterocycles. The lowest BCUT2D eigenvalue weighted by molar-refractivity contribution is -0.118. The molecule has 0 saturated heterocycles. The minimum atomic E-state index is -0.667. The summed E-state index contributed by atoms with van der Waals surface area (Å²) in [4.78, 5) is 14.2. The molecule has 150 valence electrons. The molecule has 0 unspecified atom stereocenters. The summed E-state index contributed by atoms with van der Waals surface area (Å²) >= 11 is 7.91. The highest BCUT2D eigenvalue weighted by atomic mass is 79.9. The molecule has 1 atom stereocenters. The van der Waals surface area contributed by atoms with Gasteiger partial charge >= 0.3 is 0 Å². The first-order valence-electron chi connectivity index (χ1n) is 8.95. The van der Waals surface area contributed by atoms with Crippen molar-refractivity contribution in [2.45, 2.75) is 6.17 Å². The third kappa shape index (κ3) is 3.70. The van der Waals surface area contributed by atoms with Crippen LogP contribution in [0.2, 0.25) is 0 Å². The largest absolute Gasteiger partial charge is 0.497 e. The molecule has 2 heterocycles. The first-order chi connectivity index (χ1) is 14.5. The molecule has 0 saturated carbocycles. The van der Waals surface area contributed by atoms with Gasteiger partial charge < -0.3 is 19.4 Å². The smallest absolute Gasteiger partial charge is 0.266 e. The summed E-state index contributed by atoms with van der Waals surface area (Å²) in [5.74, 6) is 1.37. The van der Waals surface area contributed by atoms with Crippen molar-refractivity contribution in [2.24, 2.45) is 0 Å². The summed E-state index contributed by atoms with van der Waals surface area (Å²) < 4.78 is 12.3. The zero-order chi connectivity index (χ0) is 21.3. The maximum atomic E-state index is 12.5. The predicted octanol–water partition coefficient (Wildman–Crippen LogP) is 5.02. The van der Waals surface area contributed by atoms with Crippen molar-refractivity contribution in [1.82, 2.24) is 5.32 Å². The summed E-state index contributed by atoms with van der Waals surface area (Å²) in [6, 6.07) is 20.5. The number of ether oxygens (including phenoxy) is 1. The number of benzene rings is 2. The van der Waals surface area contributed by atoms with Gasteiger partial charge in [0.25, 0.3) is 5.91 Å². The molecule has 0 aliphatic carbocycles. The summed E-state index contributed by atoms with van der Waals surface area (Å²) in [5, 5.41) is 12.5. The molecule has 0 bridgehead atoms. The van der Waals surface area contributed by atoms with Crippen molar-refractivity contribution in [3.8, 4) is 23.1 Å². The van der Waals surface area contributed by atoms with E-state index < -0.39 is 12.1 Å². The van der Waals surface area contributed by atoms with E-state index in [0.717, 1.165) is 15.7 Å². The number of methoxy groups -OCH3 is 1. The molecule has 3 aromatic rings. The Balaban J connectivity index is 1.77. The maximum absolute atomic E-state index is 12.5. The third-order valence-electron chi connectivity index (χ3n) is 4.69. The fourth-order valence-corrected chi connectivity index (χ4v) is 3.83. The number of nitrogens with one attached hydrogen (secondary N) is 1. The van der Waals surface area contributed by atoms with E-state index in [4.69, 9.17) is 9.15 Å². The van der Waals surface area contributed by atoms with Crippen LogP contribution < -0.4 is 15.0 Å². The van der Waals surface area contributed by atoms with Gasteiger partial charge in [-0.3, -0.25) is 4.79 Å². The van der Waals surface area contributed by atoms with Gasteiger partial charge in [-0.05, 0) is 48.5 Å². The molecule has 1 amide bonds. The Labute approximate surface area is 187 Å². The van der Waals surface area contributed by atoms with Gasteiger partial charge in [0.2, 0.25) is 0 Å².